The molecule has 3 heteroatoms. The number of allylic oxidation sites excluding steroid dienone is 1. The Balaban J connectivity index is 3.29. The van der Waals surface area contributed by atoms with E-state index in [1.54, 1.807) is 0 Å². The first-order chi connectivity index (χ1) is 11.7. The average Bonchev–Trinajstić information content (AvgIpc) is 2.56. The smallest absolute Gasteiger partial charge is 0.305 e. The molecule has 0 bridgehead atoms. The van der Waals surface area contributed by atoms with Crippen LogP contribution in [0.4, 0.5) is 0 Å². The lowest BCUT2D eigenvalue weighted by molar-refractivity contribution is -0.143. The number of hydrogen-bond acceptors (Lipinski definition) is 3. The number of esters is 1. The fourth-order valence-electron chi connectivity index (χ4n) is 2.77. The van der Waals surface area contributed by atoms with Crippen molar-refractivity contribution in [2.75, 3.05) is 6.61 Å². The van der Waals surface area contributed by atoms with E-state index in [1.165, 1.54) is 44.9 Å². The maximum Gasteiger partial charge on any atom is 0.305 e. The summed E-state index contributed by atoms with van der Waals surface area (Å²) in [4.78, 5) is 11.2. The number of carbonyl (C=O) groups excluding carboxylic acids is 1. The molecule has 0 radical (unpaired) electrons. The number of aliphatic hydroxyl groups is 1. The summed E-state index contributed by atoms with van der Waals surface area (Å²) < 4.78 is 4.91. The molecule has 0 aromatic carbocycles. The molecule has 0 aliphatic carbocycles. The number of rotatable bonds is 17. The first kappa shape index (κ1) is 23.2. The van der Waals surface area contributed by atoms with Gasteiger partial charge < -0.3 is 9.84 Å². The van der Waals surface area contributed by atoms with E-state index in [0.29, 0.717) is 13.0 Å². The van der Waals surface area contributed by atoms with Gasteiger partial charge in [0.15, 0.2) is 0 Å². The Morgan fingerprint density at radius 3 is 2.33 bits per heavy atom. The fourth-order valence-corrected chi connectivity index (χ4v) is 2.77. The Morgan fingerprint density at radius 2 is 1.58 bits per heavy atom. The van der Waals surface area contributed by atoms with E-state index < -0.39 is 0 Å². The summed E-state index contributed by atoms with van der Waals surface area (Å²) in [6.07, 6.45) is 19.5. The van der Waals surface area contributed by atoms with Crippen LogP contribution in [0.5, 0.6) is 0 Å². The van der Waals surface area contributed by atoms with E-state index in [1.807, 2.05) is 6.92 Å². The van der Waals surface area contributed by atoms with Gasteiger partial charge in [0.05, 0.1) is 12.7 Å². The van der Waals surface area contributed by atoms with Crippen LogP contribution in [0.1, 0.15) is 104 Å². The van der Waals surface area contributed by atoms with Crippen LogP contribution < -0.4 is 0 Å². The molecule has 142 valence electrons. The van der Waals surface area contributed by atoms with Gasteiger partial charge in [0, 0.05) is 6.42 Å². The van der Waals surface area contributed by atoms with Gasteiger partial charge in [-0.2, -0.15) is 0 Å². The molecule has 0 saturated heterocycles. The molecular weight excluding hydrogens is 300 g/mol. The fraction of sp³-hybridized carbons (Fsp3) is 0.857. The van der Waals surface area contributed by atoms with Crippen molar-refractivity contribution in [3.63, 3.8) is 0 Å². The second kappa shape index (κ2) is 18.5. The van der Waals surface area contributed by atoms with Crippen LogP contribution in [-0.2, 0) is 9.53 Å². The summed E-state index contributed by atoms with van der Waals surface area (Å²) in [6, 6.07) is 0. The highest BCUT2D eigenvalue weighted by Crippen LogP contribution is 2.11. The van der Waals surface area contributed by atoms with Gasteiger partial charge in [-0.25, -0.2) is 0 Å². The number of aliphatic hydroxyl groups excluding tert-OH is 1. The van der Waals surface area contributed by atoms with Crippen molar-refractivity contribution >= 4 is 5.97 Å². The first-order valence-corrected chi connectivity index (χ1v) is 10.2. The third-order valence-electron chi connectivity index (χ3n) is 4.27. The Hall–Kier alpha value is -0.830. The summed E-state index contributed by atoms with van der Waals surface area (Å²) in [5.41, 5.74) is 0. The lowest BCUT2D eigenvalue weighted by Crippen LogP contribution is -2.04. The summed E-state index contributed by atoms with van der Waals surface area (Å²) in [5, 5.41) is 9.90. The van der Waals surface area contributed by atoms with Crippen molar-refractivity contribution in [1.82, 2.24) is 0 Å². The lowest BCUT2D eigenvalue weighted by Gasteiger charge is -2.07. The van der Waals surface area contributed by atoms with Gasteiger partial charge in [0.1, 0.15) is 0 Å². The Labute approximate surface area is 149 Å². The predicted octanol–water partition coefficient (Wildman–Crippen LogP) is 5.95. The molecule has 0 aromatic heterocycles. The van der Waals surface area contributed by atoms with Crippen molar-refractivity contribution in [2.45, 2.75) is 110 Å². The van der Waals surface area contributed by atoms with E-state index in [9.17, 15) is 9.90 Å². The van der Waals surface area contributed by atoms with Gasteiger partial charge in [0.2, 0.25) is 0 Å². The number of ether oxygens (including phenoxy) is 1. The van der Waals surface area contributed by atoms with Crippen LogP contribution in [-0.4, -0.2) is 23.8 Å². The van der Waals surface area contributed by atoms with Gasteiger partial charge in [-0.3, -0.25) is 4.79 Å². The molecule has 3 nitrogen and oxygen atoms in total. The number of carbonyl (C=O) groups is 1. The van der Waals surface area contributed by atoms with Crippen LogP contribution in [0.3, 0.4) is 0 Å². The zero-order valence-electron chi connectivity index (χ0n) is 16.1. The molecule has 0 rings (SSSR count). The SMILES string of the molecule is CCCCCCC[C@@H](O)CC=CCCCCCCCC(=O)OCC. The number of hydrogen-bond donors (Lipinski definition) is 1. The van der Waals surface area contributed by atoms with Gasteiger partial charge in [-0.05, 0) is 39.0 Å². The highest BCUT2D eigenvalue weighted by molar-refractivity contribution is 5.69. The third-order valence-corrected chi connectivity index (χ3v) is 4.27. The van der Waals surface area contributed by atoms with Crippen molar-refractivity contribution in [1.29, 1.82) is 0 Å². The standard InChI is InChI=1S/C21H40O3/c1-3-5-6-11-14-17-20(22)18-15-12-9-7-8-10-13-16-19-21(23)24-4-2/h12,15,20,22H,3-11,13-14,16-19H2,1-2H3/t20-/m1/s1. The van der Waals surface area contributed by atoms with Crippen LogP contribution in [0.15, 0.2) is 12.2 Å². The van der Waals surface area contributed by atoms with Gasteiger partial charge in [-0.1, -0.05) is 70.4 Å². The van der Waals surface area contributed by atoms with E-state index in [2.05, 4.69) is 19.1 Å². The highest BCUT2D eigenvalue weighted by Gasteiger charge is 2.01. The maximum absolute atomic E-state index is 11.2. The molecule has 0 aliphatic heterocycles. The highest BCUT2D eigenvalue weighted by atomic mass is 16.5. The lowest BCUT2D eigenvalue weighted by atomic mass is 10.1. The minimum atomic E-state index is -0.161. The van der Waals surface area contributed by atoms with E-state index in [4.69, 9.17) is 4.74 Å². The van der Waals surface area contributed by atoms with Gasteiger partial charge in [0.25, 0.3) is 0 Å². The largest absolute Gasteiger partial charge is 0.466 e. The summed E-state index contributed by atoms with van der Waals surface area (Å²) >= 11 is 0. The maximum atomic E-state index is 11.2. The summed E-state index contributed by atoms with van der Waals surface area (Å²) in [6.45, 7) is 4.56. The second-order valence-corrected chi connectivity index (χ2v) is 6.68. The molecule has 0 aliphatic rings. The van der Waals surface area contributed by atoms with Crippen molar-refractivity contribution in [3.8, 4) is 0 Å². The van der Waals surface area contributed by atoms with Crippen LogP contribution in [0.2, 0.25) is 0 Å². The molecule has 0 amide bonds. The summed E-state index contributed by atoms with van der Waals surface area (Å²) in [5.74, 6) is -0.0654. The minimum Gasteiger partial charge on any atom is -0.466 e. The molecule has 1 N–H and O–H groups in total. The van der Waals surface area contributed by atoms with Crippen molar-refractivity contribution in [2.24, 2.45) is 0 Å². The Kier molecular flexibility index (Phi) is 17.9. The van der Waals surface area contributed by atoms with Crippen LogP contribution in [0.25, 0.3) is 0 Å². The van der Waals surface area contributed by atoms with Gasteiger partial charge in [-0.15, -0.1) is 0 Å². The average molecular weight is 341 g/mol. The molecule has 0 aromatic rings. The molecule has 0 saturated carbocycles. The zero-order valence-corrected chi connectivity index (χ0v) is 16.1. The van der Waals surface area contributed by atoms with Gasteiger partial charge >= 0.3 is 5.97 Å². The number of unbranched alkanes of at least 4 members (excludes halogenated alkanes) is 9. The van der Waals surface area contributed by atoms with Crippen LogP contribution in [0, 0.1) is 0 Å². The third kappa shape index (κ3) is 17.5. The molecule has 0 spiro atoms. The normalized spacial score (nSPS) is 12.6. The molecule has 24 heavy (non-hydrogen) atoms. The van der Waals surface area contributed by atoms with E-state index in [-0.39, 0.29) is 12.1 Å². The van der Waals surface area contributed by atoms with Crippen molar-refractivity contribution in [3.05, 3.63) is 12.2 Å². The zero-order chi connectivity index (χ0) is 17.9. The topological polar surface area (TPSA) is 46.5 Å². The Morgan fingerprint density at radius 1 is 0.917 bits per heavy atom. The predicted molar refractivity (Wildman–Crippen MR) is 102 cm³/mol. The molecule has 0 unspecified atom stereocenters. The molecular formula is C21H40O3. The summed E-state index contributed by atoms with van der Waals surface area (Å²) in [7, 11) is 0. The monoisotopic (exact) mass is 340 g/mol. The van der Waals surface area contributed by atoms with E-state index in [0.717, 1.165) is 38.5 Å². The van der Waals surface area contributed by atoms with Crippen LogP contribution >= 0.6 is 0 Å². The molecule has 0 heterocycles. The minimum absolute atomic E-state index is 0.0654. The quantitative estimate of drug-likeness (QED) is 0.202. The first-order valence-electron chi connectivity index (χ1n) is 10.2. The second-order valence-electron chi connectivity index (χ2n) is 6.68. The van der Waals surface area contributed by atoms with Crippen molar-refractivity contribution < 1.29 is 14.6 Å². The van der Waals surface area contributed by atoms with E-state index >= 15 is 0 Å². The molecule has 1 atom stereocenters. The molecule has 0 fully saturated rings. The Bertz CT molecular complexity index is 299.